The molecule has 1 aliphatic heterocycles. The molecular formula is C19H18ClNO. The summed E-state index contributed by atoms with van der Waals surface area (Å²) >= 11 is 6.12. The SMILES string of the molecule is O=C1CCc2cc(Cl)ccc2NC(c2ccccc2)C12CC2. The van der Waals surface area contributed by atoms with Crippen molar-refractivity contribution in [1.82, 2.24) is 0 Å². The topological polar surface area (TPSA) is 29.1 Å². The van der Waals surface area contributed by atoms with Gasteiger partial charge < -0.3 is 5.32 Å². The molecule has 0 aromatic heterocycles. The first-order valence-corrected chi connectivity index (χ1v) is 8.20. The summed E-state index contributed by atoms with van der Waals surface area (Å²) in [5.74, 6) is 0.388. The van der Waals surface area contributed by atoms with Gasteiger partial charge in [0.2, 0.25) is 0 Å². The summed E-state index contributed by atoms with van der Waals surface area (Å²) in [5.41, 5.74) is 3.23. The molecule has 1 spiro atoms. The highest BCUT2D eigenvalue weighted by molar-refractivity contribution is 6.30. The summed E-state index contributed by atoms with van der Waals surface area (Å²) < 4.78 is 0. The van der Waals surface area contributed by atoms with Crippen LogP contribution >= 0.6 is 11.6 Å². The molecule has 2 aromatic carbocycles. The number of hydrogen-bond acceptors (Lipinski definition) is 2. The quantitative estimate of drug-likeness (QED) is 0.820. The van der Waals surface area contributed by atoms with Crippen molar-refractivity contribution >= 4 is 23.1 Å². The fourth-order valence-corrected chi connectivity index (χ4v) is 3.81. The molecule has 1 N–H and O–H groups in total. The second kappa shape index (κ2) is 5.13. The van der Waals surface area contributed by atoms with Crippen molar-refractivity contribution in [2.45, 2.75) is 31.7 Å². The van der Waals surface area contributed by atoms with Crippen LogP contribution < -0.4 is 5.32 Å². The molecule has 1 fully saturated rings. The third-order valence-electron chi connectivity index (χ3n) is 5.02. The number of nitrogens with one attached hydrogen (secondary N) is 1. The average molecular weight is 312 g/mol. The van der Waals surface area contributed by atoms with Gasteiger partial charge in [0.05, 0.1) is 11.5 Å². The average Bonchev–Trinajstić information content (AvgIpc) is 3.33. The Hall–Kier alpha value is -1.80. The van der Waals surface area contributed by atoms with Crippen LogP contribution in [0.2, 0.25) is 5.02 Å². The second-order valence-corrected chi connectivity index (χ2v) is 6.81. The van der Waals surface area contributed by atoms with Gasteiger partial charge in [-0.15, -0.1) is 0 Å². The third-order valence-corrected chi connectivity index (χ3v) is 5.25. The lowest BCUT2D eigenvalue weighted by Gasteiger charge is -2.31. The first kappa shape index (κ1) is 13.8. The number of carbonyl (C=O) groups is 1. The van der Waals surface area contributed by atoms with Crippen molar-refractivity contribution in [2.24, 2.45) is 5.41 Å². The van der Waals surface area contributed by atoms with Crippen LogP contribution in [0.3, 0.4) is 0 Å². The molecule has 0 amide bonds. The Kier molecular flexibility index (Phi) is 3.23. The number of halogens is 1. The van der Waals surface area contributed by atoms with E-state index in [1.54, 1.807) is 0 Å². The lowest BCUT2D eigenvalue weighted by atomic mass is 9.82. The van der Waals surface area contributed by atoms with E-state index in [-0.39, 0.29) is 11.5 Å². The molecule has 1 saturated carbocycles. The molecule has 2 nitrogen and oxygen atoms in total. The number of hydrogen-bond donors (Lipinski definition) is 1. The van der Waals surface area contributed by atoms with E-state index in [1.807, 2.05) is 36.4 Å². The first-order valence-electron chi connectivity index (χ1n) is 7.82. The van der Waals surface area contributed by atoms with Crippen LogP contribution in [0.4, 0.5) is 5.69 Å². The first-order chi connectivity index (χ1) is 10.7. The van der Waals surface area contributed by atoms with Crippen molar-refractivity contribution < 1.29 is 4.79 Å². The molecule has 1 atom stereocenters. The van der Waals surface area contributed by atoms with Gasteiger partial charge in [0.25, 0.3) is 0 Å². The molecule has 22 heavy (non-hydrogen) atoms. The Morgan fingerprint density at radius 2 is 1.82 bits per heavy atom. The monoisotopic (exact) mass is 311 g/mol. The highest BCUT2D eigenvalue weighted by Gasteiger charge is 2.55. The fraction of sp³-hybridized carbons (Fsp3) is 0.316. The van der Waals surface area contributed by atoms with E-state index in [0.29, 0.717) is 12.2 Å². The van der Waals surface area contributed by atoms with E-state index in [9.17, 15) is 4.79 Å². The molecule has 0 saturated heterocycles. The predicted molar refractivity (Wildman–Crippen MR) is 89.3 cm³/mol. The van der Waals surface area contributed by atoms with Gasteiger partial charge in [-0.1, -0.05) is 41.9 Å². The van der Waals surface area contributed by atoms with E-state index in [0.717, 1.165) is 35.5 Å². The molecule has 0 radical (unpaired) electrons. The number of anilines is 1. The van der Waals surface area contributed by atoms with Gasteiger partial charge in [0.15, 0.2) is 0 Å². The summed E-state index contributed by atoms with van der Waals surface area (Å²) in [4.78, 5) is 12.8. The van der Waals surface area contributed by atoms with Crippen molar-refractivity contribution in [3.05, 3.63) is 64.7 Å². The zero-order chi connectivity index (χ0) is 15.2. The van der Waals surface area contributed by atoms with Gasteiger partial charge in [0, 0.05) is 17.1 Å². The minimum absolute atomic E-state index is 0.0569. The van der Waals surface area contributed by atoms with Crippen molar-refractivity contribution in [2.75, 3.05) is 5.32 Å². The molecule has 1 unspecified atom stereocenters. The number of carbonyl (C=O) groups excluding carboxylic acids is 1. The Balaban J connectivity index is 1.80. The van der Waals surface area contributed by atoms with Gasteiger partial charge in [-0.05, 0) is 48.6 Å². The molecule has 112 valence electrons. The number of fused-ring (bicyclic) bond motifs is 1. The van der Waals surface area contributed by atoms with Crippen LogP contribution in [0.15, 0.2) is 48.5 Å². The zero-order valence-electron chi connectivity index (χ0n) is 12.3. The summed E-state index contributed by atoms with van der Waals surface area (Å²) in [6.07, 6.45) is 3.35. The van der Waals surface area contributed by atoms with E-state index >= 15 is 0 Å². The normalized spacial score (nSPS) is 22.4. The molecular weight excluding hydrogens is 294 g/mol. The molecule has 4 rings (SSSR count). The summed E-state index contributed by atoms with van der Waals surface area (Å²) in [6, 6.07) is 16.3. The third kappa shape index (κ3) is 2.22. The van der Waals surface area contributed by atoms with Crippen LogP contribution in [0.5, 0.6) is 0 Å². The Bertz CT molecular complexity index is 721. The second-order valence-electron chi connectivity index (χ2n) is 6.37. The van der Waals surface area contributed by atoms with Crippen LogP contribution in [-0.2, 0) is 11.2 Å². The van der Waals surface area contributed by atoms with Crippen LogP contribution in [0, 0.1) is 5.41 Å². The standard InChI is InChI=1S/C19H18ClNO/c20-15-7-8-16-14(12-15)6-9-17(22)19(10-11-19)18(21-16)13-4-2-1-3-5-13/h1-5,7-8,12,18,21H,6,9-11H2. The van der Waals surface area contributed by atoms with Crippen molar-refractivity contribution in [3.8, 4) is 0 Å². The molecule has 2 aliphatic rings. The Morgan fingerprint density at radius 3 is 2.55 bits per heavy atom. The maximum Gasteiger partial charge on any atom is 0.141 e. The van der Waals surface area contributed by atoms with Gasteiger partial charge in [0.1, 0.15) is 5.78 Å². The Labute approximate surface area is 135 Å². The van der Waals surface area contributed by atoms with Gasteiger partial charge >= 0.3 is 0 Å². The minimum atomic E-state index is -0.210. The van der Waals surface area contributed by atoms with Gasteiger partial charge in [-0.2, -0.15) is 0 Å². The van der Waals surface area contributed by atoms with Crippen molar-refractivity contribution in [3.63, 3.8) is 0 Å². The van der Waals surface area contributed by atoms with Crippen LogP contribution in [-0.4, -0.2) is 5.78 Å². The number of ketones is 1. The smallest absolute Gasteiger partial charge is 0.141 e. The molecule has 1 heterocycles. The summed E-state index contributed by atoms with van der Waals surface area (Å²) in [5, 5.41) is 4.37. The summed E-state index contributed by atoms with van der Waals surface area (Å²) in [7, 11) is 0. The Morgan fingerprint density at radius 1 is 1.05 bits per heavy atom. The maximum atomic E-state index is 12.8. The van der Waals surface area contributed by atoms with Gasteiger partial charge in [-0.25, -0.2) is 0 Å². The van der Waals surface area contributed by atoms with Crippen LogP contribution in [0.1, 0.15) is 36.4 Å². The molecule has 1 aliphatic carbocycles. The highest BCUT2D eigenvalue weighted by atomic mass is 35.5. The van der Waals surface area contributed by atoms with Crippen molar-refractivity contribution in [1.29, 1.82) is 0 Å². The number of aryl methyl sites for hydroxylation is 1. The highest BCUT2D eigenvalue weighted by Crippen LogP contribution is 2.58. The summed E-state index contributed by atoms with van der Waals surface area (Å²) in [6.45, 7) is 0. The van der Waals surface area contributed by atoms with Crippen LogP contribution in [0.25, 0.3) is 0 Å². The van der Waals surface area contributed by atoms with E-state index in [1.165, 1.54) is 5.56 Å². The van der Waals surface area contributed by atoms with E-state index < -0.39 is 0 Å². The molecule has 3 heteroatoms. The van der Waals surface area contributed by atoms with E-state index in [4.69, 9.17) is 11.6 Å². The molecule has 0 bridgehead atoms. The maximum absolute atomic E-state index is 12.8. The largest absolute Gasteiger partial charge is 0.377 e. The zero-order valence-corrected chi connectivity index (χ0v) is 13.1. The fourth-order valence-electron chi connectivity index (χ4n) is 3.61. The number of benzene rings is 2. The minimum Gasteiger partial charge on any atom is -0.377 e. The van der Waals surface area contributed by atoms with Gasteiger partial charge in [-0.3, -0.25) is 4.79 Å². The number of rotatable bonds is 1. The predicted octanol–water partition coefficient (Wildman–Crippen LogP) is 4.79. The number of Topliss-reactive ketones (excluding diaryl/α,β-unsaturated/α-hetero) is 1. The lowest BCUT2D eigenvalue weighted by molar-refractivity contribution is -0.124. The molecule has 2 aromatic rings. The lowest BCUT2D eigenvalue weighted by Crippen LogP contribution is -2.31. The van der Waals surface area contributed by atoms with E-state index in [2.05, 4.69) is 17.4 Å².